The van der Waals surface area contributed by atoms with Crippen LogP contribution in [0.25, 0.3) is 0 Å². The molecule has 1 N–H and O–H groups in total. The summed E-state index contributed by atoms with van der Waals surface area (Å²) in [7, 11) is 0. The Balaban J connectivity index is 2.08. The summed E-state index contributed by atoms with van der Waals surface area (Å²) in [6.07, 6.45) is 4.55. The van der Waals surface area contributed by atoms with Crippen LogP contribution in [-0.4, -0.2) is 30.0 Å². The second-order valence-electron chi connectivity index (χ2n) is 6.35. The molecule has 100 valence electrons. The molecule has 0 aromatic carbocycles. The fourth-order valence-electron chi connectivity index (χ4n) is 4.76. The van der Waals surface area contributed by atoms with Gasteiger partial charge in [0, 0.05) is 26.1 Å². The zero-order chi connectivity index (χ0) is 13.2. The van der Waals surface area contributed by atoms with E-state index in [2.05, 4.69) is 45.2 Å². The van der Waals surface area contributed by atoms with Crippen LogP contribution in [0.4, 0.5) is 0 Å². The number of carbonyl (C=O) groups is 2. The van der Waals surface area contributed by atoms with Gasteiger partial charge in [0.15, 0.2) is 0 Å². The molecule has 0 heterocycles. The van der Waals surface area contributed by atoms with Gasteiger partial charge in [-0.2, -0.15) is 0 Å². The second kappa shape index (κ2) is 3.73. The minimum absolute atomic E-state index is 0.0326. The Labute approximate surface area is 132 Å². The summed E-state index contributed by atoms with van der Waals surface area (Å²) in [5.74, 6) is -0.720. The van der Waals surface area contributed by atoms with E-state index in [1.165, 1.54) is 0 Å². The molecule has 4 saturated carbocycles. The molecule has 0 radical (unpaired) electrons. The third kappa shape index (κ3) is 1.81. The van der Waals surface area contributed by atoms with Crippen LogP contribution in [0.3, 0.4) is 0 Å². The predicted octanol–water partition coefficient (Wildman–Crippen LogP) is 2.70. The molecule has 6 heteroatoms. The molecule has 2 unspecified atom stereocenters. The SMILES string of the molecule is O=COC12CC3(I)CC(I)(C1)CC(C(=O)O)(C3)C2. The zero-order valence-corrected chi connectivity index (χ0v) is 14.1. The number of carbonyl (C=O) groups excluding carboxylic acids is 1. The van der Waals surface area contributed by atoms with Crippen LogP contribution in [0.15, 0.2) is 0 Å². The molecule has 4 bridgehead atoms. The maximum atomic E-state index is 11.7. The molecule has 0 amide bonds. The van der Waals surface area contributed by atoms with Gasteiger partial charge in [0.1, 0.15) is 5.60 Å². The lowest BCUT2D eigenvalue weighted by Crippen LogP contribution is -2.68. The number of hydrogen-bond acceptors (Lipinski definition) is 3. The highest BCUT2D eigenvalue weighted by Gasteiger charge is 2.70. The summed E-state index contributed by atoms with van der Waals surface area (Å²) in [6.45, 7) is 0.503. The molecule has 4 aliphatic carbocycles. The summed E-state index contributed by atoms with van der Waals surface area (Å²) >= 11 is 4.81. The Kier molecular flexibility index (Phi) is 2.78. The van der Waals surface area contributed by atoms with Crippen LogP contribution in [0.1, 0.15) is 38.5 Å². The van der Waals surface area contributed by atoms with Crippen molar-refractivity contribution in [2.45, 2.75) is 51.0 Å². The first-order valence-electron chi connectivity index (χ1n) is 5.97. The zero-order valence-electron chi connectivity index (χ0n) is 9.75. The summed E-state index contributed by atoms with van der Waals surface area (Å²) in [5, 5.41) is 9.64. The van der Waals surface area contributed by atoms with Crippen molar-refractivity contribution in [3.8, 4) is 0 Å². The average molecular weight is 476 g/mol. The molecule has 4 nitrogen and oxygen atoms in total. The van der Waals surface area contributed by atoms with Gasteiger partial charge in [-0.05, 0) is 19.3 Å². The van der Waals surface area contributed by atoms with Crippen LogP contribution in [0.5, 0.6) is 0 Å². The number of rotatable bonds is 3. The molecule has 2 atom stereocenters. The lowest BCUT2D eigenvalue weighted by Gasteiger charge is -2.65. The summed E-state index contributed by atoms with van der Waals surface area (Å²) in [6, 6.07) is 0. The quantitative estimate of drug-likeness (QED) is 0.387. The Bertz CT molecular complexity index is 418. The van der Waals surface area contributed by atoms with Gasteiger partial charge in [-0.3, -0.25) is 9.59 Å². The first-order valence-corrected chi connectivity index (χ1v) is 8.13. The summed E-state index contributed by atoms with van der Waals surface area (Å²) in [5.41, 5.74) is -1.24. The van der Waals surface area contributed by atoms with E-state index >= 15 is 0 Å². The highest BCUT2D eigenvalue weighted by atomic mass is 127. The smallest absolute Gasteiger partial charge is 0.309 e. The normalized spacial score (nSPS) is 53.2. The first-order chi connectivity index (χ1) is 8.25. The fraction of sp³-hybridized carbons (Fsp3) is 0.833. The van der Waals surface area contributed by atoms with E-state index in [0.29, 0.717) is 25.7 Å². The highest BCUT2D eigenvalue weighted by Crippen LogP contribution is 2.70. The summed E-state index contributed by atoms with van der Waals surface area (Å²) in [4.78, 5) is 22.5. The van der Waals surface area contributed by atoms with Crippen LogP contribution in [0.2, 0.25) is 0 Å². The monoisotopic (exact) mass is 476 g/mol. The second-order valence-corrected chi connectivity index (χ2v) is 10.9. The van der Waals surface area contributed by atoms with E-state index < -0.39 is 17.0 Å². The van der Waals surface area contributed by atoms with E-state index in [1.807, 2.05) is 0 Å². The van der Waals surface area contributed by atoms with Gasteiger partial charge < -0.3 is 9.84 Å². The standard InChI is InChI=1S/C12H14I2O4/c13-10-1-9(8(16)17)2-11(14,4-10)6-12(3-9,5-10)18-7-15/h7H,1-6H2,(H,16,17). The lowest BCUT2D eigenvalue weighted by atomic mass is 9.47. The number of alkyl halides is 2. The molecular weight excluding hydrogens is 462 g/mol. The molecule has 4 rings (SSSR count). The third-order valence-electron chi connectivity index (χ3n) is 4.63. The van der Waals surface area contributed by atoms with Crippen molar-refractivity contribution < 1.29 is 19.4 Å². The van der Waals surface area contributed by atoms with Crippen molar-refractivity contribution in [2.24, 2.45) is 5.41 Å². The Hall–Kier alpha value is 0.400. The number of carboxylic acid groups (broad SMARTS) is 1. The maximum absolute atomic E-state index is 11.7. The van der Waals surface area contributed by atoms with Crippen molar-refractivity contribution in [3.63, 3.8) is 0 Å². The molecule has 4 aliphatic rings. The molecule has 0 aromatic heterocycles. The third-order valence-corrected chi connectivity index (χ3v) is 6.92. The van der Waals surface area contributed by atoms with Crippen LogP contribution < -0.4 is 0 Å². The van der Waals surface area contributed by atoms with Crippen molar-refractivity contribution in [2.75, 3.05) is 0 Å². The molecule has 0 saturated heterocycles. The number of halogens is 2. The molecule has 18 heavy (non-hydrogen) atoms. The summed E-state index contributed by atoms with van der Waals surface area (Å²) < 4.78 is 5.33. The predicted molar refractivity (Wildman–Crippen MR) is 81.2 cm³/mol. The van der Waals surface area contributed by atoms with Crippen LogP contribution >= 0.6 is 45.2 Å². The van der Waals surface area contributed by atoms with Gasteiger partial charge in [-0.25, -0.2) is 0 Å². The number of hydrogen-bond donors (Lipinski definition) is 1. The maximum Gasteiger partial charge on any atom is 0.309 e. The molecule has 0 aromatic rings. The minimum atomic E-state index is -0.720. The minimum Gasteiger partial charge on any atom is -0.481 e. The van der Waals surface area contributed by atoms with Gasteiger partial charge in [0.25, 0.3) is 6.47 Å². The molecule has 0 spiro atoms. The van der Waals surface area contributed by atoms with Gasteiger partial charge in [0.2, 0.25) is 0 Å². The van der Waals surface area contributed by atoms with Gasteiger partial charge in [-0.1, -0.05) is 45.2 Å². The van der Waals surface area contributed by atoms with E-state index in [-0.39, 0.29) is 6.84 Å². The number of carboxylic acids is 1. The number of ether oxygens (including phenoxy) is 1. The number of aliphatic carboxylic acids is 1. The van der Waals surface area contributed by atoms with Crippen LogP contribution in [-0.2, 0) is 14.3 Å². The van der Waals surface area contributed by atoms with Crippen molar-refractivity contribution in [3.05, 3.63) is 0 Å². The average Bonchev–Trinajstić information content (AvgIpc) is 2.10. The van der Waals surface area contributed by atoms with Gasteiger partial charge >= 0.3 is 5.97 Å². The van der Waals surface area contributed by atoms with Crippen molar-refractivity contribution in [1.29, 1.82) is 0 Å². The molecule has 4 fully saturated rings. The van der Waals surface area contributed by atoms with E-state index in [9.17, 15) is 14.7 Å². The Morgan fingerprint density at radius 3 is 2.06 bits per heavy atom. The highest BCUT2D eigenvalue weighted by molar-refractivity contribution is 14.1. The Morgan fingerprint density at radius 1 is 1.06 bits per heavy atom. The van der Waals surface area contributed by atoms with Gasteiger partial charge in [0.05, 0.1) is 5.41 Å². The first kappa shape index (κ1) is 13.4. The van der Waals surface area contributed by atoms with Gasteiger partial charge in [-0.15, -0.1) is 0 Å². The van der Waals surface area contributed by atoms with Crippen molar-refractivity contribution >= 4 is 57.6 Å². The lowest BCUT2D eigenvalue weighted by molar-refractivity contribution is -0.191. The van der Waals surface area contributed by atoms with Crippen molar-refractivity contribution in [1.82, 2.24) is 0 Å². The van der Waals surface area contributed by atoms with E-state index in [4.69, 9.17) is 4.74 Å². The topological polar surface area (TPSA) is 63.6 Å². The van der Waals surface area contributed by atoms with Crippen LogP contribution in [0, 0.1) is 5.41 Å². The van der Waals surface area contributed by atoms with E-state index in [0.717, 1.165) is 19.3 Å². The largest absolute Gasteiger partial charge is 0.481 e. The Morgan fingerprint density at radius 2 is 1.61 bits per heavy atom. The fourth-order valence-corrected chi connectivity index (χ4v) is 9.80. The molecular formula is C12H14I2O4. The molecule has 0 aliphatic heterocycles. The van der Waals surface area contributed by atoms with E-state index in [1.54, 1.807) is 0 Å².